The molecule has 0 saturated carbocycles. The summed E-state index contributed by atoms with van der Waals surface area (Å²) in [6.45, 7) is 0. The van der Waals surface area contributed by atoms with E-state index in [9.17, 15) is 9.90 Å². The number of benzene rings is 3. The maximum Gasteiger partial charge on any atom is 0.271 e. The number of phenolic OH excluding ortho intramolecular Hbond substituents is 1. The molecule has 1 amide bonds. The van der Waals surface area contributed by atoms with Crippen molar-refractivity contribution in [2.45, 2.75) is 10.9 Å². The fourth-order valence-electron chi connectivity index (χ4n) is 3.13. The quantitative estimate of drug-likeness (QED) is 0.246. The first kappa shape index (κ1) is 21.0. The third kappa shape index (κ3) is 4.73. The zero-order valence-corrected chi connectivity index (χ0v) is 18.2. The first-order valence-electron chi connectivity index (χ1n) is 9.45. The topological polar surface area (TPSA) is 79.5 Å². The predicted octanol–water partition coefficient (Wildman–Crippen LogP) is 4.99. The molecule has 0 bridgehead atoms. The largest absolute Gasteiger partial charge is 0.506 e. The minimum Gasteiger partial charge on any atom is -0.506 e. The number of imidazole rings is 1. The van der Waals surface area contributed by atoms with Crippen molar-refractivity contribution in [3.63, 3.8) is 0 Å². The van der Waals surface area contributed by atoms with Gasteiger partial charge in [-0.25, -0.2) is 10.4 Å². The number of carbonyl (C=O) groups is 1. The van der Waals surface area contributed by atoms with Crippen LogP contribution in [0.3, 0.4) is 0 Å². The Labute approximate surface area is 188 Å². The number of carbonyl (C=O) groups excluding carboxylic acids is 1. The highest BCUT2D eigenvalue weighted by Crippen LogP contribution is 2.28. The van der Waals surface area contributed by atoms with E-state index >= 15 is 0 Å². The van der Waals surface area contributed by atoms with Crippen molar-refractivity contribution in [1.29, 1.82) is 0 Å². The smallest absolute Gasteiger partial charge is 0.271 e. The monoisotopic (exact) mass is 450 g/mol. The molecule has 1 aromatic heterocycles. The zero-order valence-electron chi connectivity index (χ0n) is 16.6. The summed E-state index contributed by atoms with van der Waals surface area (Å²) in [5.41, 5.74) is 4.90. The van der Waals surface area contributed by atoms with Gasteiger partial charge < -0.3 is 9.67 Å². The van der Waals surface area contributed by atoms with Crippen molar-refractivity contribution in [1.82, 2.24) is 15.0 Å². The molecular formula is C23H19ClN4O2S. The van der Waals surface area contributed by atoms with Crippen LogP contribution in [0.15, 0.2) is 77.2 Å². The molecule has 156 valence electrons. The van der Waals surface area contributed by atoms with E-state index in [2.05, 4.69) is 27.6 Å². The summed E-state index contributed by atoms with van der Waals surface area (Å²) >= 11 is 7.54. The number of hydrogen-bond acceptors (Lipinski definition) is 5. The van der Waals surface area contributed by atoms with Gasteiger partial charge in [-0.1, -0.05) is 59.8 Å². The van der Waals surface area contributed by atoms with Gasteiger partial charge in [0.05, 0.1) is 11.2 Å². The van der Waals surface area contributed by atoms with E-state index in [0.29, 0.717) is 5.56 Å². The molecule has 2 N–H and O–H groups in total. The van der Waals surface area contributed by atoms with E-state index in [-0.39, 0.29) is 10.8 Å². The molecule has 3 aromatic carbocycles. The van der Waals surface area contributed by atoms with Gasteiger partial charge in [0.1, 0.15) is 5.75 Å². The van der Waals surface area contributed by atoms with Crippen LogP contribution in [0.25, 0.3) is 10.8 Å². The number of amides is 1. The highest BCUT2D eigenvalue weighted by Gasteiger charge is 2.09. The maximum absolute atomic E-state index is 12.3. The van der Waals surface area contributed by atoms with Gasteiger partial charge in [-0.05, 0) is 34.5 Å². The Balaban J connectivity index is 1.52. The van der Waals surface area contributed by atoms with Crippen LogP contribution in [0.2, 0.25) is 5.02 Å². The van der Waals surface area contributed by atoms with Gasteiger partial charge >= 0.3 is 0 Å². The number of halogens is 1. The Kier molecular flexibility index (Phi) is 6.25. The molecule has 8 heteroatoms. The summed E-state index contributed by atoms with van der Waals surface area (Å²) < 4.78 is 2.00. The lowest BCUT2D eigenvalue weighted by atomic mass is 10.0. The molecule has 0 radical (unpaired) electrons. The molecule has 0 fully saturated rings. The molecule has 0 unspecified atom stereocenters. The van der Waals surface area contributed by atoms with E-state index in [1.165, 1.54) is 23.8 Å². The number of nitrogens with zero attached hydrogens (tertiary/aromatic N) is 3. The average Bonchev–Trinajstić information content (AvgIpc) is 3.19. The van der Waals surface area contributed by atoms with Gasteiger partial charge in [0.15, 0.2) is 5.16 Å². The number of rotatable bonds is 6. The summed E-state index contributed by atoms with van der Waals surface area (Å²) in [7, 11) is 1.98. The van der Waals surface area contributed by atoms with Crippen molar-refractivity contribution in [2.75, 3.05) is 0 Å². The van der Waals surface area contributed by atoms with Gasteiger partial charge in [-0.3, -0.25) is 4.79 Å². The van der Waals surface area contributed by atoms with Crippen LogP contribution in [-0.2, 0) is 12.8 Å². The van der Waals surface area contributed by atoms with Crippen LogP contribution in [0, 0.1) is 0 Å². The highest BCUT2D eigenvalue weighted by atomic mass is 35.5. The minimum absolute atomic E-state index is 0.0747. The molecule has 4 aromatic rings. The molecule has 0 aliphatic heterocycles. The number of nitrogens with one attached hydrogen (secondary N) is 1. The molecule has 0 saturated heterocycles. The lowest BCUT2D eigenvalue weighted by Crippen LogP contribution is -2.17. The Hall–Kier alpha value is -3.29. The van der Waals surface area contributed by atoms with Gasteiger partial charge in [0, 0.05) is 36.3 Å². The highest BCUT2D eigenvalue weighted by molar-refractivity contribution is 7.98. The SMILES string of the molecule is Cn1ccnc1SCc1ccc(C=NNC(=O)c2ccc(O)c(Cl)c2)c2ccccc12. The lowest BCUT2D eigenvalue weighted by molar-refractivity contribution is 0.0955. The van der Waals surface area contributed by atoms with Crippen LogP contribution in [-0.4, -0.2) is 26.8 Å². The Morgan fingerprint density at radius 1 is 1.23 bits per heavy atom. The van der Waals surface area contributed by atoms with E-state index in [4.69, 9.17) is 11.6 Å². The molecule has 1 heterocycles. The van der Waals surface area contributed by atoms with Crippen molar-refractivity contribution < 1.29 is 9.90 Å². The van der Waals surface area contributed by atoms with Crippen LogP contribution < -0.4 is 5.43 Å². The van der Waals surface area contributed by atoms with Gasteiger partial charge in [-0.15, -0.1) is 0 Å². The molecule has 0 atom stereocenters. The van der Waals surface area contributed by atoms with E-state index < -0.39 is 5.91 Å². The minimum atomic E-state index is -0.412. The number of fused-ring (bicyclic) bond motifs is 1. The molecule has 0 spiro atoms. The number of aromatic hydroxyl groups is 1. The van der Waals surface area contributed by atoms with Crippen molar-refractivity contribution in [3.05, 3.63) is 88.7 Å². The summed E-state index contributed by atoms with van der Waals surface area (Å²) in [5, 5.41) is 16.8. The van der Waals surface area contributed by atoms with E-state index in [1.807, 2.05) is 42.1 Å². The van der Waals surface area contributed by atoms with Crippen LogP contribution in [0.1, 0.15) is 21.5 Å². The maximum atomic E-state index is 12.3. The number of aromatic nitrogens is 2. The summed E-state index contributed by atoms with van der Waals surface area (Å²) in [6, 6.07) is 16.4. The predicted molar refractivity (Wildman–Crippen MR) is 125 cm³/mol. The number of hydrogen-bond donors (Lipinski definition) is 2. The molecular weight excluding hydrogens is 432 g/mol. The van der Waals surface area contributed by atoms with Crippen LogP contribution >= 0.6 is 23.4 Å². The number of hydrazone groups is 1. The average molecular weight is 451 g/mol. The molecule has 6 nitrogen and oxygen atoms in total. The Morgan fingerprint density at radius 3 is 2.77 bits per heavy atom. The number of phenols is 1. The Bertz CT molecular complexity index is 1290. The third-order valence-electron chi connectivity index (χ3n) is 4.76. The molecule has 31 heavy (non-hydrogen) atoms. The molecule has 4 rings (SSSR count). The molecule has 0 aliphatic carbocycles. The van der Waals surface area contributed by atoms with Gasteiger partial charge in [0.25, 0.3) is 5.91 Å². The fraction of sp³-hybridized carbons (Fsp3) is 0.0870. The second-order valence-corrected chi connectivity index (χ2v) is 8.18. The van der Waals surface area contributed by atoms with Gasteiger partial charge in [0.2, 0.25) is 0 Å². The van der Waals surface area contributed by atoms with Crippen LogP contribution in [0.4, 0.5) is 0 Å². The summed E-state index contributed by atoms with van der Waals surface area (Å²) in [4.78, 5) is 16.6. The Morgan fingerprint density at radius 2 is 2.03 bits per heavy atom. The normalized spacial score (nSPS) is 11.3. The van der Waals surface area contributed by atoms with E-state index in [1.54, 1.807) is 24.2 Å². The van der Waals surface area contributed by atoms with E-state index in [0.717, 1.165) is 27.2 Å². The summed E-state index contributed by atoms with van der Waals surface area (Å²) in [5.74, 6) is 0.307. The first-order valence-corrected chi connectivity index (χ1v) is 10.8. The lowest BCUT2D eigenvalue weighted by Gasteiger charge is -2.09. The van der Waals surface area contributed by atoms with Gasteiger partial charge in [-0.2, -0.15) is 5.10 Å². The van der Waals surface area contributed by atoms with Crippen molar-refractivity contribution in [3.8, 4) is 5.75 Å². The standard InChI is InChI=1S/C23H19ClN4O2S/c1-28-11-10-25-23(28)31-14-17-7-6-16(18-4-2-3-5-19(17)18)13-26-27-22(30)15-8-9-21(29)20(24)12-15/h2-13,29H,14H2,1H3,(H,27,30). The molecule has 0 aliphatic rings. The third-order valence-corrected chi connectivity index (χ3v) is 6.17. The number of thioether (sulfide) groups is 1. The number of aryl methyl sites for hydroxylation is 1. The summed E-state index contributed by atoms with van der Waals surface area (Å²) in [6.07, 6.45) is 5.35. The zero-order chi connectivity index (χ0) is 21.8. The second kappa shape index (κ2) is 9.24. The second-order valence-electron chi connectivity index (χ2n) is 6.83. The first-order chi connectivity index (χ1) is 15.0. The van der Waals surface area contributed by atoms with Crippen LogP contribution in [0.5, 0.6) is 5.75 Å². The van der Waals surface area contributed by atoms with Crippen molar-refractivity contribution >= 4 is 46.3 Å². The fourth-order valence-corrected chi connectivity index (χ4v) is 4.25. The van der Waals surface area contributed by atoms with Crippen molar-refractivity contribution in [2.24, 2.45) is 12.1 Å².